The fraction of sp³-hybridized carbons (Fsp3) is 0.545. The first-order valence-electron chi connectivity index (χ1n) is 10.4. The highest BCUT2D eigenvalue weighted by Gasteiger charge is 2.41. The van der Waals surface area contributed by atoms with E-state index in [9.17, 15) is 4.79 Å². The second kappa shape index (κ2) is 8.25. The van der Waals surface area contributed by atoms with Crippen LogP contribution in [0.15, 0.2) is 36.9 Å². The molecule has 2 aromatic heterocycles. The molecule has 2 fully saturated rings. The van der Waals surface area contributed by atoms with Crippen molar-refractivity contribution in [3.8, 4) is 0 Å². The molecule has 0 saturated carbocycles. The minimum Gasteiger partial charge on any atom is -0.356 e. The smallest absolute Gasteiger partial charge is 0.222 e. The van der Waals surface area contributed by atoms with E-state index in [-0.39, 0.29) is 11.3 Å². The van der Waals surface area contributed by atoms with Gasteiger partial charge in [0.1, 0.15) is 12.1 Å². The number of rotatable bonds is 5. The molecule has 4 rings (SSSR count). The summed E-state index contributed by atoms with van der Waals surface area (Å²) in [6.45, 7) is 5.66. The molecule has 0 radical (unpaired) electrons. The minimum atomic E-state index is 0.233. The van der Waals surface area contributed by atoms with Crippen LogP contribution >= 0.6 is 0 Å². The molecule has 6 heteroatoms. The van der Waals surface area contributed by atoms with Gasteiger partial charge in [-0.25, -0.2) is 9.97 Å². The topological polar surface area (TPSA) is 62.2 Å². The Bertz CT molecular complexity index is 802. The van der Waals surface area contributed by atoms with Crippen molar-refractivity contribution in [2.75, 3.05) is 24.5 Å². The number of hydrogen-bond acceptors (Lipinski definition) is 5. The van der Waals surface area contributed by atoms with Crippen molar-refractivity contribution in [2.45, 2.75) is 52.0 Å². The molecular formula is C22H29N5O. The second-order valence-corrected chi connectivity index (χ2v) is 8.18. The summed E-state index contributed by atoms with van der Waals surface area (Å²) in [4.78, 5) is 30.1. The lowest BCUT2D eigenvalue weighted by Gasteiger charge is -2.47. The van der Waals surface area contributed by atoms with Crippen LogP contribution in [-0.2, 0) is 17.8 Å². The van der Waals surface area contributed by atoms with Crippen LogP contribution in [0, 0.1) is 5.41 Å². The Balaban J connectivity index is 1.43. The van der Waals surface area contributed by atoms with E-state index in [1.54, 1.807) is 12.5 Å². The third-order valence-corrected chi connectivity index (χ3v) is 6.23. The second-order valence-electron chi connectivity index (χ2n) is 8.18. The number of piperidine rings is 2. The van der Waals surface area contributed by atoms with Gasteiger partial charge in [-0.15, -0.1) is 0 Å². The van der Waals surface area contributed by atoms with Crippen LogP contribution in [0.5, 0.6) is 0 Å². The summed E-state index contributed by atoms with van der Waals surface area (Å²) in [6.07, 6.45) is 11.4. The van der Waals surface area contributed by atoms with Gasteiger partial charge in [0.05, 0.1) is 12.2 Å². The molecule has 1 spiro atoms. The maximum atomic E-state index is 12.5. The Labute approximate surface area is 167 Å². The van der Waals surface area contributed by atoms with Crippen molar-refractivity contribution >= 4 is 11.7 Å². The van der Waals surface area contributed by atoms with Gasteiger partial charge in [0, 0.05) is 44.0 Å². The fourth-order valence-electron chi connectivity index (χ4n) is 4.62. The lowest BCUT2D eigenvalue weighted by atomic mass is 9.72. The highest BCUT2D eigenvalue weighted by Crippen LogP contribution is 2.41. The minimum absolute atomic E-state index is 0.233. The number of hydrogen-bond donors (Lipinski definition) is 0. The highest BCUT2D eigenvalue weighted by atomic mass is 16.2. The van der Waals surface area contributed by atoms with Crippen molar-refractivity contribution < 1.29 is 4.79 Å². The number of nitrogens with zero attached hydrogens (tertiary/aromatic N) is 5. The molecule has 0 bridgehead atoms. The van der Waals surface area contributed by atoms with Gasteiger partial charge in [0.25, 0.3) is 0 Å². The zero-order chi connectivity index (χ0) is 19.4. The van der Waals surface area contributed by atoms with Crippen LogP contribution in [0.25, 0.3) is 0 Å². The summed E-state index contributed by atoms with van der Waals surface area (Å²) in [7, 11) is 0. The first-order chi connectivity index (χ1) is 13.7. The van der Waals surface area contributed by atoms with Crippen LogP contribution < -0.4 is 4.90 Å². The van der Waals surface area contributed by atoms with Crippen LogP contribution in [0.2, 0.25) is 0 Å². The molecule has 2 aliphatic heterocycles. The van der Waals surface area contributed by atoms with E-state index >= 15 is 0 Å². The van der Waals surface area contributed by atoms with Crippen molar-refractivity contribution in [1.82, 2.24) is 19.9 Å². The molecule has 0 aliphatic carbocycles. The molecule has 2 saturated heterocycles. The Morgan fingerprint density at radius 1 is 1.14 bits per heavy atom. The largest absolute Gasteiger partial charge is 0.356 e. The Hall–Kier alpha value is -2.50. The van der Waals surface area contributed by atoms with E-state index in [0.717, 1.165) is 63.3 Å². The van der Waals surface area contributed by atoms with E-state index < -0.39 is 0 Å². The summed E-state index contributed by atoms with van der Waals surface area (Å²) in [5.74, 6) is 1.36. The zero-order valence-electron chi connectivity index (χ0n) is 16.7. The van der Waals surface area contributed by atoms with Gasteiger partial charge in [-0.1, -0.05) is 19.4 Å². The number of pyridine rings is 1. The predicted octanol–water partition coefficient (Wildman–Crippen LogP) is 3.23. The van der Waals surface area contributed by atoms with Crippen LogP contribution in [0.4, 0.5) is 5.82 Å². The molecule has 0 aromatic carbocycles. The molecule has 4 heterocycles. The predicted molar refractivity (Wildman–Crippen MR) is 109 cm³/mol. The Kier molecular flexibility index (Phi) is 5.55. The Morgan fingerprint density at radius 2 is 2.00 bits per heavy atom. The van der Waals surface area contributed by atoms with E-state index in [0.29, 0.717) is 13.0 Å². The number of amides is 1. The summed E-state index contributed by atoms with van der Waals surface area (Å²) in [5.41, 5.74) is 2.45. The molecule has 0 atom stereocenters. The van der Waals surface area contributed by atoms with Gasteiger partial charge in [-0.2, -0.15) is 0 Å². The Morgan fingerprint density at radius 3 is 2.75 bits per heavy atom. The van der Waals surface area contributed by atoms with E-state index in [1.807, 2.05) is 29.3 Å². The van der Waals surface area contributed by atoms with Crippen molar-refractivity contribution in [3.05, 3.63) is 48.2 Å². The molecule has 148 valence electrons. The van der Waals surface area contributed by atoms with Gasteiger partial charge < -0.3 is 9.80 Å². The van der Waals surface area contributed by atoms with Gasteiger partial charge in [-0.3, -0.25) is 9.78 Å². The molecule has 0 unspecified atom stereocenters. The van der Waals surface area contributed by atoms with Gasteiger partial charge in [-0.05, 0) is 43.2 Å². The summed E-state index contributed by atoms with van der Waals surface area (Å²) >= 11 is 0. The number of aromatic nitrogens is 3. The average Bonchev–Trinajstić information content (AvgIpc) is 2.73. The average molecular weight is 380 g/mol. The third-order valence-electron chi connectivity index (χ3n) is 6.23. The SMILES string of the molecule is CCCc1cncnc1N1CCC2(CCC(=O)N(Cc3ccccn3)C2)CC1. The standard InChI is InChI=1S/C22H29N5O/c1-2-5-18-14-23-17-25-21(18)26-12-9-22(10-13-26)8-7-20(28)27(16-22)15-19-6-3-4-11-24-19/h3-4,6,11,14,17H,2,5,7-10,12-13,15-16H2,1H3. The van der Waals surface area contributed by atoms with Crippen LogP contribution in [0.3, 0.4) is 0 Å². The summed E-state index contributed by atoms with van der Waals surface area (Å²) in [5, 5.41) is 0. The first kappa shape index (κ1) is 18.8. The maximum absolute atomic E-state index is 12.5. The van der Waals surface area contributed by atoms with Crippen LogP contribution in [0.1, 0.15) is 50.3 Å². The third kappa shape index (κ3) is 4.01. The van der Waals surface area contributed by atoms with Crippen molar-refractivity contribution in [2.24, 2.45) is 5.41 Å². The lowest BCUT2D eigenvalue weighted by molar-refractivity contribution is -0.139. The molecule has 2 aliphatic rings. The summed E-state index contributed by atoms with van der Waals surface area (Å²) in [6, 6.07) is 5.90. The van der Waals surface area contributed by atoms with E-state index in [2.05, 4.69) is 26.8 Å². The van der Waals surface area contributed by atoms with Crippen molar-refractivity contribution in [1.29, 1.82) is 0 Å². The molecule has 1 amide bonds. The molecule has 0 N–H and O–H groups in total. The van der Waals surface area contributed by atoms with E-state index in [1.165, 1.54) is 5.56 Å². The lowest BCUT2D eigenvalue weighted by Crippen LogP contribution is -2.51. The molecular weight excluding hydrogens is 350 g/mol. The first-order valence-corrected chi connectivity index (χ1v) is 10.4. The molecule has 6 nitrogen and oxygen atoms in total. The normalized spacial score (nSPS) is 19.2. The highest BCUT2D eigenvalue weighted by molar-refractivity contribution is 5.77. The van der Waals surface area contributed by atoms with Crippen LogP contribution in [-0.4, -0.2) is 45.4 Å². The van der Waals surface area contributed by atoms with Gasteiger partial charge in [0.2, 0.25) is 5.91 Å². The fourth-order valence-corrected chi connectivity index (χ4v) is 4.62. The number of carbonyl (C=O) groups excluding carboxylic acids is 1. The number of likely N-dealkylation sites (tertiary alicyclic amines) is 1. The van der Waals surface area contributed by atoms with E-state index in [4.69, 9.17) is 0 Å². The number of aryl methyl sites for hydroxylation is 1. The number of anilines is 1. The van der Waals surface area contributed by atoms with Crippen molar-refractivity contribution in [3.63, 3.8) is 0 Å². The molecule has 2 aromatic rings. The monoisotopic (exact) mass is 379 g/mol. The van der Waals surface area contributed by atoms with Gasteiger partial charge in [0.15, 0.2) is 0 Å². The quantitative estimate of drug-likeness (QED) is 0.798. The number of carbonyl (C=O) groups is 1. The zero-order valence-corrected chi connectivity index (χ0v) is 16.7. The maximum Gasteiger partial charge on any atom is 0.222 e. The molecule has 28 heavy (non-hydrogen) atoms. The summed E-state index contributed by atoms with van der Waals surface area (Å²) < 4.78 is 0. The van der Waals surface area contributed by atoms with Gasteiger partial charge >= 0.3 is 0 Å².